The highest BCUT2D eigenvalue weighted by Gasteiger charge is 2.48. The van der Waals surface area contributed by atoms with Crippen molar-refractivity contribution in [1.82, 2.24) is 14.4 Å². The average Bonchev–Trinajstić information content (AvgIpc) is 3.17. The van der Waals surface area contributed by atoms with Crippen molar-refractivity contribution < 1.29 is 22.1 Å². The first-order valence-electron chi connectivity index (χ1n) is 9.71. The monoisotopic (exact) mass is 421 g/mol. The molecule has 1 aromatic carbocycles. The molecule has 2 saturated heterocycles. The quantitative estimate of drug-likeness (QED) is 0.758. The van der Waals surface area contributed by atoms with Gasteiger partial charge in [-0.2, -0.15) is 4.31 Å². The summed E-state index contributed by atoms with van der Waals surface area (Å²) in [5, 5.41) is 3.97. The van der Waals surface area contributed by atoms with Crippen LogP contribution in [-0.4, -0.2) is 47.3 Å². The summed E-state index contributed by atoms with van der Waals surface area (Å²) in [5.74, 6) is 0.0104. The number of likely N-dealkylation sites (tertiary alicyclic amines) is 1. The highest BCUT2D eigenvalue weighted by molar-refractivity contribution is 7.89. The third-order valence-corrected chi connectivity index (χ3v) is 8.21. The van der Waals surface area contributed by atoms with Gasteiger partial charge in [0, 0.05) is 30.6 Å². The first kappa shape index (κ1) is 20.0. The predicted octanol–water partition coefficient (Wildman–Crippen LogP) is 2.78. The van der Waals surface area contributed by atoms with Gasteiger partial charge in [-0.1, -0.05) is 17.3 Å². The number of rotatable bonds is 4. The number of sulfonamides is 1. The van der Waals surface area contributed by atoms with Gasteiger partial charge in [-0.15, -0.1) is 0 Å². The number of halogens is 1. The maximum Gasteiger partial charge on any atom is 0.245 e. The summed E-state index contributed by atoms with van der Waals surface area (Å²) >= 11 is 0. The highest BCUT2D eigenvalue weighted by atomic mass is 32.2. The zero-order valence-electron chi connectivity index (χ0n) is 16.5. The molecular formula is C20H24FN3O4S. The van der Waals surface area contributed by atoms with Gasteiger partial charge in [0.05, 0.1) is 12.2 Å². The van der Waals surface area contributed by atoms with Gasteiger partial charge >= 0.3 is 0 Å². The number of hydrogen-bond donors (Lipinski definition) is 0. The number of carbonyl (C=O) groups excluding carboxylic acids is 1. The molecule has 3 heterocycles. The third-order valence-electron chi connectivity index (χ3n) is 6.28. The lowest BCUT2D eigenvalue weighted by molar-refractivity contribution is -0.133. The van der Waals surface area contributed by atoms with E-state index in [4.69, 9.17) is 4.52 Å². The Labute approximate surface area is 169 Å². The van der Waals surface area contributed by atoms with Crippen molar-refractivity contribution in [3.8, 4) is 0 Å². The van der Waals surface area contributed by atoms with Crippen molar-refractivity contribution in [2.75, 3.05) is 13.1 Å². The molecule has 1 aromatic heterocycles. The zero-order valence-corrected chi connectivity index (χ0v) is 17.3. The van der Waals surface area contributed by atoms with Crippen molar-refractivity contribution in [3.63, 3.8) is 0 Å². The lowest BCUT2D eigenvalue weighted by Crippen LogP contribution is -2.53. The molecule has 4 rings (SSSR count). The van der Waals surface area contributed by atoms with Crippen molar-refractivity contribution in [2.45, 2.75) is 56.5 Å². The topological polar surface area (TPSA) is 83.7 Å². The largest absolute Gasteiger partial charge is 0.361 e. The number of benzene rings is 1. The van der Waals surface area contributed by atoms with E-state index in [0.29, 0.717) is 38.0 Å². The number of aromatic nitrogens is 1. The molecule has 2 aromatic rings. The van der Waals surface area contributed by atoms with Gasteiger partial charge in [-0.25, -0.2) is 12.8 Å². The van der Waals surface area contributed by atoms with Crippen LogP contribution < -0.4 is 0 Å². The fourth-order valence-corrected chi connectivity index (χ4v) is 5.98. The van der Waals surface area contributed by atoms with Crippen molar-refractivity contribution in [3.05, 3.63) is 47.1 Å². The second kappa shape index (κ2) is 7.21. The van der Waals surface area contributed by atoms with E-state index < -0.39 is 15.8 Å². The van der Waals surface area contributed by atoms with Gasteiger partial charge in [0.2, 0.25) is 15.9 Å². The minimum absolute atomic E-state index is 0.0652. The van der Waals surface area contributed by atoms with Crippen LogP contribution in [0.3, 0.4) is 0 Å². The molecule has 0 N–H and O–H groups in total. The van der Waals surface area contributed by atoms with Gasteiger partial charge in [0.1, 0.15) is 16.5 Å². The Balaban J connectivity index is 1.54. The summed E-state index contributed by atoms with van der Waals surface area (Å²) in [6.07, 6.45) is 2.19. The molecule has 9 heteroatoms. The molecule has 1 spiro atoms. The van der Waals surface area contributed by atoms with Crippen LogP contribution in [0.1, 0.15) is 42.7 Å². The Morgan fingerprint density at radius 3 is 2.48 bits per heavy atom. The summed E-state index contributed by atoms with van der Waals surface area (Å²) in [6, 6.07) is 5.43. The fourth-order valence-electron chi connectivity index (χ4n) is 4.47. The third kappa shape index (κ3) is 3.36. The molecule has 156 valence electrons. The first-order valence-corrected chi connectivity index (χ1v) is 11.2. The molecule has 2 aliphatic rings. The van der Waals surface area contributed by atoms with Crippen LogP contribution in [-0.2, 0) is 21.4 Å². The second-order valence-corrected chi connectivity index (χ2v) is 9.75. The first-order chi connectivity index (χ1) is 13.7. The number of hydrogen-bond acceptors (Lipinski definition) is 5. The van der Waals surface area contributed by atoms with E-state index in [0.717, 1.165) is 17.3 Å². The van der Waals surface area contributed by atoms with Gasteiger partial charge in [0.15, 0.2) is 0 Å². The summed E-state index contributed by atoms with van der Waals surface area (Å²) in [5.41, 5.74) is 1.28. The summed E-state index contributed by atoms with van der Waals surface area (Å²) in [6.45, 7) is 4.60. The lowest BCUT2D eigenvalue weighted by atomic mass is 9.85. The van der Waals surface area contributed by atoms with E-state index >= 15 is 0 Å². The highest BCUT2D eigenvalue weighted by Crippen LogP contribution is 2.41. The SMILES string of the molecule is Cc1noc(C)c1CN1C(=O)CCC12CCN(S(=O)(=O)c1ccccc1F)CC2. The lowest BCUT2D eigenvalue weighted by Gasteiger charge is -2.44. The zero-order chi connectivity index (χ0) is 20.8. The van der Waals surface area contributed by atoms with E-state index in [-0.39, 0.29) is 29.4 Å². The molecule has 0 radical (unpaired) electrons. The minimum atomic E-state index is -3.90. The number of amides is 1. The van der Waals surface area contributed by atoms with Crippen molar-refractivity contribution >= 4 is 15.9 Å². The molecule has 29 heavy (non-hydrogen) atoms. The minimum Gasteiger partial charge on any atom is -0.361 e. The molecular weight excluding hydrogens is 397 g/mol. The van der Waals surface area contributed by atoms with Gasteiger partial charge in [-0.05, 0) is 45.2 Å². The van der Waals surface area contributed by atoms with Crippen LogP contribution in [0.5, 0.6) is 0 Å². The second-order valence-electron chi connectivity index (χ2n) is 7.84. The van der Waals surface area contributed by atoms with Gasteiger partial charge < -0.3 is 9.42 Å². The molecule has 1 amide bonds. The maximum atomic E-state index is 14.1. The van der Waals surface area contributed by atoms with Crippen molar-refractivity contribution in [2.24, 2.45) is 0 Å². The molecule has 2 fully saturated rings. The molecule has 0 unspecified atom stereocenters. The smallest absolute Gasteiger partial charge is 0.245 e. The molecule has 2 aliphatic heterocycles. The summed E-state index contributed by atoms with van der Waals surface area (Å²) in [4.78, 5) is 14.2. The maximum absolute atomic E-state index is 14.1. The van der Waals surface area contributed by atoms with E-state index in [1.807, 2.05) is 18.7 Å². The van der Waals surface area contributed by atoms with E-state index in [1.54, 1.807) is 0 Å². The molecule has 0 atom stereocenters. The van der Waals surface area contributed by atoms with E-state index in [2.05, 4.69) is 5.16 Å². The fraction of sp³-hybridized carbons (Fsp3) is 0.500. The molecule has 0 bridgehead atoms. The van der Waals surface area contributed by atoms with Crippen LogP contribution in [0.25, 0.3) is 0 Å². The molecule has 7 nitrogen and oxygen atoms in total. The van der Waals surface area contributed by atoms with Crippen LogP contribution in [0.2, 0.25) is 0 Å². The number of piperidine rings is 1. The van der Waals surface area contributed by atoms with Crippen LogP contribution in [0.4, 0.5) is 4.39 Å². The van der Waals surface area contributed by atoms with Crippen LogP contribution in [0.15, 0.2) is 33.7 Å². The standard InChI is InChI=1S/C20H24FN3O4S/c1-14-16(15(2)28-22-14)13-24-19(25)7-8-20(24)9-11-23(12-10-20)29(26,27)18-6-4-3-5-17(18)21/h3-6H,7-13H2,1-2H3. The predicted molar refractivity (Wildman–Crippen MR) is 103 cm³/mol. The normalized spacial score (nSPS) is 20.0. The van der Waals surface area contributed by atoms with Crippen molar-refractivity contribution in [1.29, 1.82) is 0 Å². The van der Waals surface area contributed by atoms with Gasteiger partial charge in [0.25, 0.3) is 0 Å². The molecule has 0 saturated carbocycles. The number of carbonyl (C=O) groups is 1. The average molecular weight is 421 g/mol. The summed E-state index contributed by atoms with van der Waals surface area (Å²) in [7, 11) is -3.90. The number of aryl methyl sites for hydroxylation is 2. The Hall–Kier alpha value is -2.26. The summed E-state index contributed by atoms with van der Waals surface area (Å²) < 4.78 is 46.4. The Morgan fingerprint density at radius 2 is 1.86 bits per heavy atom. The Morgan fingerprint density at radius 1 is 1.17 bits per heavy atom. The van der Waals surface area contributed by atoms with Gasteiger partial charge in [-0.3, -0.25) is 4.79 Å². The van der Waals surface area contributed by atoms with Crippen LogP contribution in [0, 0.1) is 19.7 Å². The van der Waals surface area contributed by atoms with Crippen LogP contribution >= 0.6 is 0 Å². The molecule has 0 aliphatic carbocycles. The Kier molecular flexibility index (Phi) is 4.98. The Bertz CT molecular complexity index is 1020. The van der Waals surface area contributed by atoms with E-state index in [1.165, 1.54) is 22.5 Å². The van der Waals surface area contributed by atoms with E-state index in [9.17, 15) is 17.6 Å². The number of nitrogens with zero attached hydrogens (tertiary/aromatic N) is 3.